The first-order valence-corrected chi connectivity index (χ1v) is 47.1. The Kier molecular flexibility index (Phi) is 50.1. The molecule has 0 aliphatic carbocycles. The summed E-state index contributed by atoms with van der Waals surface area (Å²) in [4.78, 5) is 0. The van der Waals surface area contributed by atoms with Gasteiger partial charge in [-0.15, -0.1) is 30.6 Å². The standard InChI is InChI=1S/C96H159N9O6/c1-7-13-19-25-31-37-43-49-55-61-73-106-85-70-67-82(79-88(85)109-76-64-58-52-46-40-34-28-22-16-10-4)91-97-100-94-103(91)95-101-98-92(83-68-71-86(107-74-62-56-50-44-38-32-26-20-14-8-2)89(80-83)110-77-65-59-53-47-41-35-29-23-17-11-5)105(95)96-102-99-93(104(94)96)84-69-72-87(108-75-63-57-51-45-39-33-27-21-15-9-3)90(81-84)111-78-66-60-54-48-42-36-30-24-18-12-6/h67-72,79-81H,7-66,73-78H2,1-6H3. The summed E-state index contributed by atoms with van der Waals surface area (Å²) < 4.78 is 46.5. The minimum atomic E-state index is 0.492. The fourth-order valence-corrected chi connectivity index (χ4v) is 15.6. The van der Waals surface area contributed by atoms with Crippen molar-refractivity contribution >= 4 is 17.3 Å². The third-order valence-electron chi connectivity index (χ3n) is 22.7. The molecule has 111 heavy (non-hydrogen) atoms. The molecule has 0 saturated carbocycles. The zero-order valence-corrected chi connectivity index (χ0v) is 71.8. The molecule has 4 aromatic heterocycles. The lowest BCUT2D eigenvalue weighted by Gasteiger charge is -2.15. The van der Waals surface area contributed by atoms with Gasteiger partial charge < -0.3 is 28.4 Å². The molecule has 0 radical (unpaired) electrons. The summed E-state index contributed by atoms with van der Waals surface area (Å²) >= 11 is 0. The van der Waals surface area contributed by atoms with Crippen LogP contribution in [0.25, 0.3) is 51.5 Å². The lowest BCUT2D eigenvalue weighted by Crippen LogP contribution is -2.08. The van der Waals surface area contributed by atoms with Crippen molar-refractivity contribution in [3.8, 4) is 68.7 Å². The molecule has 15 nitrogen and oxygen atoms in total. The number of unbranched alkanes of at least 4 members (excludes halogenated alkanes) is 54. The van der Waals surface area contributed by atoms with Crippen LogP contribution >= 0.6 is 0 Å². The highest BCUT2D eigenvalue weighted by atomic mass is 16.5. The smallest absolute Gasteiger partial charge is 0.247 e. The van der Waals surface area contributed by atoms with Crippen molar-refractivity contribution in [2.75, 3.05) is 39.6 Å². The molecule has 0 bridgehead atoms. The first-order valence-electron chi connectivity index (χ1n) is 47.1. The van der Waals surface area contributed by atoms with E-state index in [9.17, 15) is 0 Å². The highest BCUT2D eigenvalue weighted by Gasteiger charge is 2.27. The number of benzene rings is 3. The Hall–Kier alpha value is -6.12. The fraction of sp³-hybridized carbons (Fsp3) is 0.750. The van der Waals surface area contributed by atoms with Gasteiger partial charge >= 0.3 is 0 Å². The Balaban J connectivity index is 1.24. The molecule has 7 aromatic rings. The molecule has 0 atom stereocenters. The number of aromatic nitrogens is 9. The summed E-state index contributed by atoms with van der Waals surface area (Å²) in [6, 6.07) is 18.7. The second-order valence-electron chi connectivity index (χ2n) is 32.6. The van der Waals surface area contributed by atoms with Crippen molar-refractivity contribution in [3.05, 3.63) is 54.6 Å². The Bertz CT molecular complexity index is 3050. The van der Waals surface area contributed by atoms with E-state index >= 15 is 0 Å². The molecular formula is C96H159N9O6. The number of fused-ring (bicyclic) bond motifs is 6. The molecular weight excluding hydrogens is 1380 g/mol. The van der Waals surface area contributed by atoms with Crippen molar-refractivity contribution in [1.82, 2.24) is 43.8 Å². The van der Waals surface area contributed by atoms with E-state index in [1.807, 2.05) is 13.2 Å². The number of hydrogen-bond donors (Lipinski definition) is 0. The van der Waals surface area contributed by atoms with Crippen LogP contribution in [0.1, 0.15) is 427 Å². The maximum atomic E-state index is 6.82. The molecule has 0 aliphatic heterocycles. The van der Waals surface area contributed by atoms with Crippen molar-refractivity contribution in [2.24, 2.45) is 0 Å². The average Bonchev–Trinajstić information content (AvgIpc) is 1.55. The van der Waals surface area contributed by atoms with E-state index in [1.54, 1.807) is 0 Å². The van der Waals surface area contributed by atoms with Gasteiger partial charge in [0.25, 0.3) is 0 Å². The van der Waals surface area contributed by atoms with Gasteiger partial charge in [-0.1, -0.05) is 388 Å². The number of nitrogens with zero attached hydrogens (tertiary/aromatic N) is 9. The molecule has 4 heterocycles. The van der Waals surface area contributed by atoms with Crippen LogP contribution in [-0.2, 0) is 0 Å². The van der Waals surface area contributed by atoms with Crippen LogP contribution in [0.5, 0.6) is 34.5 Å². The number of ether oxygens (including phenoxy) is 6. The minimum Gasteiger partial charge on any atom is -0.490 e. The molecule has 0 N–H and O–H groups in total. The second-order valence-corrected chi connectivity index (χ2v) is 32.6. The molecule has 0 saturated heterocycles. The summed E-state index contributed by atoms with van der Waals surface area (Å²) in [6.07, 6.45) is 75.9. The van der Waals surface area contributed by atoms with Gasteiger partial charge in [0.15, 0.2) is 52.0 Å². The third kappa shape index (κ3) is 35.7. The summed E-state index contributed by atoms with van der Waals surface area (Å²) in [7, 11) is 0. The van der Waals surface area contributed by atoms with Gasteiger partial charge in [-0.3, -0.25) is 0 Å². The Morgan fingerprint density at radius 2 is 0.333 bits per heavy atom. The van der Waals surface area contributed by atoms with Gasteiger partial charge in [-0.2, -0.15) is 0 Å². The Morgan fingerprint density at radius 3 is 0.505 bits per heavy atom. The van der Waals surface area contributed by atoms with Crippen LogP contribution in [0.4, 0.5) is 0 Å². The monoisotopic (exact) mass is 1530 g/mol. The van der Waals surface area contributed by atoms with E-state index in [0.29, 0.717) is 91.7 Å². The van der Waals surface area contributed by atoms with Gasteiger partial charge in [0, 0.05) is 16.7 Å². The number of hydrogen-bond acceptors (Lipinski definition) is 12. The van der Waals surface area contributed by atoms with E-state index in [-0.39, 0.29) is 0 Å². The molecule has 7 rings (SSSR count). The summed E-state index contributed by atoms with van der Waals surface area (Å²) in [5.41, 5.74) is 2.43. The van der Waals surface area contributed by atoms with Gasteiger partial charge in [-0.05, 0) is 93.1 Å². The second kappa shape index (κ2) is 60.4. The van der Waals surface area contributed by atoms with Crippen molar-refractivity contribution in [1.29, 1.82) is 0 Å². The van der Waals surface area contributed by atoms with Gasteiger partial charge in [0.1, 0.15) is 0 Å². The van der Waals surface area contributed by atoms with E-state index in [2.05, 4.69) is 96.1 Å². The topological polar surface area (TPSA) is 146 Å². The van der Waals surface area contributed by atoms with E-state index < -0.39 is 0 Å². The maximum Gasteiger partial charge on any atom is 0.247 e. The first kappa shape index (κ1) is 92.1. The summed E-state index contributed by atoms with van der Waals surface area (Å²) in [5.74, 6) is 7.57. The van der Waals surface area contributed by atoms with E-state index in [0.717, 1.165) is 111 Å². The van der Waals surface area contributed by atoms with Crippen LogP contribution < -0.4 is 28.4 Å². The maximum absolute atomic E-state index is 6.82. The predicted molar refractivity (Wildman–Crippen MR) is 466 cm³/mol. The van der Waals surface area contributed by atoms with Crippen LogP contribution in [-0.4, -0.2) is 83.4 Å². The highest BCUT2D eigenvalue weighted by Crippen LogP contribution is 2.39. The van der Waals surface area contributed by atoms with Crippen LogP contribution in [0.15, 0.2) is 54.6 Å². The van der Waals surface area contributed by atoms with Gasteiger partial charge in [-0.25, -0.2) is 13.2 Å². The SMILES string of the molecule is CCCCCCCCCCCCOc1ccc(-c2nnc3n2c2nnc(-c4ccc(OCCCCCCCCCCCC)c(OCCCCCCCCCCCC)c4)n2c2nnc(-c4ccc(OCCCCCCCCCCCC)c(OCCCCCCCCCCCC)c4)n32)cc1OCCCCCCCCCCCC. The molecule has 0 fully saturated rings. The summed E-state index contributed by atoms with van der Waals surface area (Å²) in [5, 5.41) is 30.5. The molecule has 0 aliphatic rings. The normalized spacial score (nSPS) is 11.7. The van der Waals surface area contributed by atoms with E-state index in [1.165, 1.54) is 308 Å². The zero-order chi connectivity index (χ0) is 77.9. The van der Waals surface area contributed by atoms with Crippen LogP contribution in [0, 0.1) is 0 Å². The molecule has 0 amide bonds. The lowest BCUT2D eigenvalue weighted by molar-refractivity contribution is 0.258. The molecule has 3 aromatic carbocycles. The van der Waals surface area contributed by atoms with E-state index in [4.69, 9.17) is 59.0 Å². The minimum absolute atomic E-state index is 0.492. The third-order valence-corrected chi connectivity index (χ3v) is 22.7. The molecule has 15 heteroatoms. The number of rotatable bonds is 75. The highest BCUT2D eigenvalue weighted by molar-refractivity contribution is 5.74. The fourth-order valence-electron chi connectivity index (χ4n) is 15.6. The van der Waals surface area contributed by atoms with Crippen molar-refractivity contribution in [3.63, 3.8) is 0 Å². The van der Waals surface area contributed by atoms with Crippen molar-refractivity contribution in [2.45, 2.75) is 427 Å². The van der Waals surface area contributed by atoms with Crippen LogP contribution in [0.2, 0.25) is 0 Å². The molecule has 0 spiro atoms. The lowest BCUT2D eigenvalue weighted by atomic mass is 10.1. The quantitative estimate of drug-likeness (QED) is 0.0334. The predicted octanol–water partition coefficient (Wildman–Crippen LogP) is 29.6. The van der Waals surface area contributed by atoms with Gasteiger partial charge in [0.2, 0.25) is 17.3 Å². The van der Waals surface area contributed by atoms with Crippen LogP contribution in [0.3, 0.4) is 0 Å². The molecule has 0 unspecified atom stereocenters. The Labute approximate surface area is 675 Å². The first-order chi connectivity index (χ1) is 55.0. The largest absolute Gasteiger partial charge is 0.490 e. The van der Waals surface area contributed by atoms with Crippen molar-refractivity contribution < 1.29 is 28.4 Å². The average molecular weight is 1540 g/mol. The summed E-state index contributed by atoms with van der Waals surface area (Å²) in [6.45, 7) is 17.4. The molecule has 624 valence electrons. The van der Waals surface area contributed by atoms with Gasteiger partial charge in [0.05, 0.1) is 39.6 Å². The Morgan fingerprint density at radius 1 is 0.180 bits per heavy atom. The zero-order valence-electron chi connectivity index (χ0n) is 71.8.